The highest BCUT2D eigenvalue weighted by Crippen LogP contribution is 2.32. The van der Waals surface area contributed by atoms with Crippen molar-refractivity contribution in [1.82, 2.24) is 10.2 Å². The fraction of sp³-hybridized carbons (Fsp3) is 0.130. The lowest BCUT2D eigenvalue weighted by molar-refractivity contribution is 0.102. The van der Waals surface area contributed by atoms with Crippen LogP contribution in [0.2, 0.25) is 0 Å². The highest BCUT2D eigenvalue weighted by atomic mass is 32.2. The fourth-order valence-corrected chi connectivity index (χ4v) is 4.51. The SMILES string of the molecule is O=C(Nc1ccc2[nH]ncc2c1)c1ccc(NS(=O)(=O)c2ccc3c(c2)OCCCO3)cc1. The molecule has 0 saturated heterocycles. The number of hydrogen-bond acceptors (Lipinski definition) is 6. The summed E-state index contributed by atoms with van der Waals surface area (Å²) in [5.74, 6) is 0.611. The summed E-state index contributed by atoms with van der Waals surface area (Å²) < 4.78 is 39.3. The zero-order chi connectivity index (χ0) is 22.8. The molecule has 0 bridgehead atoms. The van der Waals surface area contributed by atoms with Crippen LogP contribution in [0.1, 0.15) is 16.8 Å². The quantitative estimate of drug-likeness (QED) is 0.413. The van der Waals surface area contributed by atoms with Crippen molar-refractivity contribution in [2.75, 3.05) is 23.3 Å². The first-order chi connectivity index (χ1) is 16.0. The van der Waals surface area contributed by atoms with E-state index in [1.807, 2.05) is 12.1 Å². The van der Waals surface area contributed by atoms with Crippen LogP contribution in [0.15, 0.2) is 71.8 Å². The molecule has 33 heavy (non-hydrogen) atoms. The number of carbonyl (C=O) groups is 1. The Bertz CT molecular complexity index is 1430. The van der Waals surface area contributed by atoms with Crippen molar-refractivity contribution in [2.45, 2.75) is 11.3 Å². The van der Waals surface area contributed by atoms with Gasteiger partial charge < -0.3 is 14.8 Å². The molecule has 1 aliphatic rings. The van der Waals surface area contributed by atoms with Gasteiger partial charge in [0.15, 0.2) is 11.5 Å². The summed E-state index contributed by atoms with van der Waals surface area (Å²) in [6, 6.07) is 16.1. The van der Waals surface area contributed by atoms with Crippen molar-refractivity contribution in [1.29, 1.82) is 0 Å². The minimum absolute atomic E-state index is 0.0585. The molecule has 5 rings (SSSR count). The monoisotopic (exact) mass is 464 g/mol. The number of aromatic nitrogens is 2. The summed E-state index contributed by atoms with van der Waals surface area (Å²) in [6.45, 7) is 0.985. The van der Waals surface area contributed by atoms with E-state index in [2.05, 4.69) is 20.2 Å². The number of H-pyrrole nitrogens is 1. The summed E-state index contributed by atoms with van der Waals surface area (Å²) in [6.07, 6.45) is 2.40. The minimum Gasteiger partial charge on any atom is -0.490 e. The standard InChI is InChI=1S/C23H20N4O5S/c28-23(25-18-6-8-20-16(12-18)14-24-26-20)15-2-4-17(5-3-15)27-33(29,30)19-7-9-21-22(13-19)32-11-1-10-31-21/h2-9,12-14,27H,1,10-11H2,(H,24,26)(H,25,28). The molecule has 0 spiro atoms. The zero-order valence-electron chi connectivity index (χ0n) is 17.4. The van der Waals surface area contributed by atoms with Gasteiger partial charge in [0.25, 0.3) is 15.9 Å². The normalized spacial score (nSPS) is 13.3. The highest BCUT2D eigenvalue weighted by molar-refractivity contribution is 7.92. The number of sulfonamides is 1. The fourth-order valence-electron chi connectivity index (χ4n) is 3.44. The van der Waals surface area contributed by atoms with Crippen LogP contribution in [-0.2, 0) is 10.0 Å². The van der Waals surface area contributed by atoms with E-state index in [-0.39, 0.29) is 10.8 Å². The Morgan fingerprint density at radius 2 is 1.67 bits per heavy atom. The van der Waals surface area contributed by atoms with E-state index in [0.29, 0.717) is 41.7 Å². The summed E-state index contributed by atoms with van der Waals surface area (Å²) in [5, 5.41) is 10.5. The van der Waals surface area contributed by atoms with Crippen molar-refractivity contribution in [3.8, 4) is 11.5 Å². The number of amides is 1. The van der Waals surface area contributed by atoms with Crippen LogP contribution < -0.4 is 19.5 Å². The largest absolute Gasteiger partial charge is 0.490 e. The van der Waals surface area contributed by atoms with Crippen molar-refractivity contribution >= 4 is 38.2 Å². The summed E-state index contributed by atoms with van der Waals surface area (Å²) in [4.78, 5) is 12.6. The second-order valence-corrected chi connectivity index (χ2v) is 9.15. The summed E-state index contributed by atoms with van der Waals surface area (Å²) >= 11 is 0. The molecule has 0 saturated carbocycles. The van der Waals surface area contributed by atoms with Gasteiger partial charge >= 0.3 is 0 Å². The molecule has 1 amide bonds. The molecular formula is C23H20N4O5S. The Hall–Kier alpha value is -4.05. The van der Waals surface area contributed by atoms with Gasteiger partial charge in [0.05, 0.1) is 29.8 Å². The number of nitrogens with one attached hydrogen (secondary N) is 3. The Labute approximate surface area is 189 Å². The summed E-state index contributed by atoms with van der Waals surface area (Å²) in [5.41, 5.74) is 2.23. The number of rotatable bonds is 5. The average molecular weight is 465 g/mol. The number of hydrogen-bond donors (Lipinski definition) is 3. The Kier molecular flexibility index (Phi) is 5.35. The molecule has 0 unspecified atom stereocenters. The van der Waals surface area contributed by atoms with Crippen LogP contribution in [0.3, 0.4) is 0 Å². The lowest BCUT2D eigenvalue weighted by Gasteiger charge is -2.12. The van der Waals surface area contributed by atoms with Gasteiger partial charge in [-0.25, -0.2) is 8.42 Å². The molecule has 0 aliphatic carbocycles. The van der Waals surface area contributed by atoms with Gasteiger partial charge in [-0.05, 0) is 54.6 Å². The predicted molar refractivity (Wildman–Crippen MR) is 123 cm³/mol. The molecule has 3 aromatic carbocycles. The van der Waals surface area contributed by atoms with Crippen LogP contribution in [0.4, 0.5) is 11.4 Å². The van der Waals surface area contributed by atoms with Crippen molar-refractivity contribution in [3.05, 3.63) is 72.4 Å². The van der Waals surface area contributed by atoms with E-state index >= 15 is 0 Å². The Morgan fingerprint density at radius 1 is 0.909 bits per heavy atom. The van der Waals surface area contributed by atoms with E-state index in [4.69, 9.17) is 9.47 Å². The van der Waals surface area contributed by atoms with E-state index in [9.17, 15) is 13.2 Å². The molecule has 168 valence electrons. The van der Waals surface area contributed by atoms with E-state index in [1.165, 1.54) is 24.3 Å². The lowest BCUT2D eigenvalue weighted by Crippen LogP contribution is -2.14. The average Bonchev–Trinajstić information content (AvgIpc) is 3.14. The number of fused-ring (bicyclic) bond motifs is 2. The Morgan fingerprint density at radius 3 is 2.48 bits per heavy atom. The minimum atomic E-state index is -3.85. The van der Waals surface area contributed by atoms with Gasteiger partial charge in [0, 0.05) is 34.8 Å². The maximum absolute atomic E-state index is 12.8. The van der Waals surface area contributed by atoms with Gasteiger partial charge in [-0.2, -0.15) is 5.10 Å². The van der Waals surface area contributed by atoms with Crippen LogP contribution in [0.5, 0.6) is 11.5 Å². The second-order valence-electron chi connectivity index (χ2n) is 7.47. The Balaban J connectivity index is 1.29. The van der Waals surface area contributed by atoms with Crippen LogP contribution >= 0.6 is 0 Å². The van der Waals surface area contributed by atoms with E-state index < -0.39 is 10.0 Å². The van der Waals surface area contributed by atoms with E-state index in [0.717, 1.165) is 17.3 Å². The van der Waals surface area contributed by atoms with Crippen LogP contribution in [-0.4, -0.2) is 37.7 Å². The molecule has 0 fully saturated rings. The van der Waals surface area contributed by atoms with Gasteiger partial charge in [-0.1, -0.05) is 0 Å². The number of carbonyl (C=O) groups excluding carboxylic acids is 1. The molecule has 9 nitrogen and oxygen atoms in total. The number of anilines is 2. The predicted octanol–water partition coefficient (Wildman–Crippen LogP) is 3.78. The third-order valence-corrected chi connectivity index (χ3v) is 6.51. The third kappa shape index (κ3) is 4.46. The molecule has 0 atom stereocenters. The molecular weight excluding hydrogens is 444 g/mol. The molecule has 0 radical (unpaired) electrons. The molecule has 3 N–H and O–H groups in total. The number of aromatic amines is 1. The van der Waals surface area contributed by atoms with Crippen molar-refractivity contribution in [2.24, 2.45) is 0 Å². The smallest absolute Gasteiger partial charge is 0.262 e. The highest BCUT2D eigenvalue weighted by Gasteiger charge is 2.19. The van der Waals surface area contributed by atoms with Gasteiger partial charge in [-0.15, -0.1) is 0 Å². The maximum atomic E-state index is 12.8. The van der Waals surface area contributed by atoms with Crippen LogP contribution in [0.25, 0.3) is 10.9 Å². The molecule has 10 heteroatoms. The number of nitrogens with zero attached hydrogens (tertiary/aromatic N) is 1. The number of ether oxygens (including phenoxy) is 2. The van der Waals surface area contributed by atoms with Gasteiger partial charge in [0.1, 0.15) is 0 Å². The first kappa shape index (κ1) is 20.8. The van der Waals surface area contributed by atoms with Crippen LogP contribution in [0, 0.1) is 0 Å². The topological polar surface area (TPSA) is 122 Å². The lowest BCUT2D eigenvalue weighted by atomic mass is 10.2. The maximum Gasteiger partial charge on any atom is 0.262 e. The van der Waals surface area contributed by atoms with E-state index in [1.54, 1.807) is 30.5 Å². The second kappa shape index (κ2) is 8.47. The molecule has 4 aromatic rings. The van der Waals surface area contributed by atoms with Gasteiger partial charge in [-0.3, -0.25) is 14.6 Å². The first-order valence-electron chi connectivity index (χ1n) is 10.2. The van der Waals surface area contributed by atoms with Crippen molar-refractivity contribution < 1.29 is 22.7 Å². The molecule has 1 aromatic heterocycles. The first-order valence-corrected chi connectivity index (χ1v) is 11.7. The zero-order valence-corrected chi connectivity index (χ0v) is 18.2. The molecule has 2 heterocycles. The van der Waals surface area contributed by atoms with Gasteiger partial charge in [0.2, 0.25) is 0 Å². The number of benzene rings is 3. The van der Waals surface area contributed by atoms with Crippen molar-refractivity contribution in [3.63, 3.8) is 0 Å². The summed E-state index contributed by atoms with van der Waals surface area (Å²) in [7, 11) is -3.85. The molecule has 1 aliphatic heterocycles. The third-order valence-electron chi connectivity index (χ3n) is 5.13.